The summed E-state index contributed by atoms with van der Waals surface area (Å²) in [5.41, 5.74) is 18.9. The van der Waals surface area contributed by atoms with E-state index in [9.17, 15) is 0 Å². The fourth-order valence-corrected chi connectivity index (χ4v) is 8.77. The van der Waals surface area contributed by atoms with Gasteiger partial charge in [-0.15, -0.1) is 0 Å². The van der Waals surface area contributed by atoms with Crippen molar-refractivity contribution in [3.05, 3.63) is 249 Å². The smallest absolute Gasteiger partial charge is 0.143 e. The van der Waals surface area contributed by atoms with Gasteiger partial charge in [0.15, 0.2) is 0 Å². The predicted octanol–water partition coefficient (Wildman–Crippen LogP) is 17.1. The molecule has 62 heavy (non-hydrogen) atoms. The first-order valence-electron chi connectivity index (χ1n) is 21.2. The number of hydrogen-bond donors (Lipinski definition) is 0. The number of rotatable bonds is 9. The Morgan fingerprint density at radius 1 is 0.258 bits per heavy atom. The van der Waals surface area contributed by atoms with Gasteiger partial charge in [-0.3, -0.25) is 0 Å². The number of fused-ring (bicyclic) bond motifs is 3. The third-order valence-corrected chi connectivity index (χ3v) is 11.9. The molecule has 10 aromatic carbocycles. The molecule has 0 saturated heterocycles. The summed E-state index contributed by atoms with van der Waals surface area (Å²) in [6.45, 7) is 0. The van der Waals surface area contributed by atoms with Gasteiger partial charge in [0.1, 0.15) is 11.2 Å². The van der Waals surface area contributed by atoms with Crippen molar-refractivity contribution in [2.24, 2.45) is 0 Å². The Morgan fingerprint density at radius 3 is 1.26 bits per heavy atom. The highest BCUT2D eigenvalue weighted by Gasteiger charge is 2.20. The number of benzene rings is 10. The van der Waals surface area contributed by atoms with E-state index in [-0.39, 0.29) is 0 Å². The summed E-state index contributed by atoms with van der Waals surface area (Å²) >= 11 is 0. The summed E-state index contributed by atoms with van der Waals surface area (Å²) in [7, 11) is 0. The van der Waals surface area contributed by atoms with Gasteiger partial charge in [0.05, 0.1) is 5.69 Å². The molecule has 0 spiro atoms. The molecule has 0 unspecified atom stereocenters. The zero-order valence-electron chi connectivity index (χ0n) is 34.0. The topological polar surface area (TPSA) is 16.4 Å². The van der Waals surface area contributed by atoms with E-state index >= 15 is 0 Å². The van der Waals surface area contributed by atoms with Crippen molar-refractivity contribution in [1.29, 1.82) is 0 Å². The van der Waals surface area contributed by atoms with Crippen LogP contribution in [0.25, 0.3) is 88.7 Å². The van der Waals surface area contributed by atoms with Gasteiger partial charge in [-0.25, -0.2) is 0 Å². The fourth-order valence-electron chi connectivity index (χ4n) is 8.77. The molecular weight excluding hydrogens is 751 g/mol. The van der Waals surface area contributed by atoms with Crippen LogP contribution in [-0.2, 0) is 0 Å². The van der Waals surface area contributed by atoms with Crippen LogP contribution in [0.2, 0.25) is 0 Å². The Hall–Kier alpha value is -8.20. The molecule has 292 valence electrons. The van der Waals surface area contributed by atoms with Crippen LogP contribution in [0.3, 0.4) is 0 Å². The Balaban J connectivity index is 1.07. The first kappa shape index (κ1) is 36.8. The second-order valence-corrected chi connectivity index (χ2v) is 15.7. The highest BCUT2D eigenvalue weighted by Crippen LogP contribution is 2.45. The summed E-state index contributed by atoms with van der Waals surface area (Å²) in [4.78, 5) is 2.39. The lowest BCUT2D eigenvalue weighted by atomic mass is 9.91. The van der Waals surface area contributed by atoms with Crippen LogP contribution >= 0.6 is 0 Å². The average Bonchev–Trinajstić information content (AvgIpc) is 3.75. The van der Waals surface area contributed by atoms with E-state index in [1.54, 1.807) is 0 Å². The molecule has 0 aliphatic carbocycles. The summed E-state index contributed by atoms with van der Waals surface area (Å²) in [6.07, 6.45) is 0. The van der Waals surface area contributed by atoms with E-state index in [2.05, 4.69) is 241 Å². The minimum Gasteiger partial charge on any atom is -0.455 e. The van der Waals surface area contributed by atoms with Crippen LogP contribution in [-0.4, -0.2) is 0 Å². The van der Waals surface area contributed by atoms with Gasteiger partial charge in [0, 0.05) is 33.3 Å². The van der Waals surface area contributed by atoms with E-state index in [1.165, 1.54) is 33.4 Å². The molecule has 0 N–H and O–H groups in total. The third-order valence-electron chi connectivity index (χ3n) is 11.9. The molecular formula is C60H41NO. The highest BCUT2D eigenvalue weighted by atomic mass is 16.3. The molecule has 2 nitrogen and oxygen atoms in total. The maximum Gasteiger partial charge on any atom is 0.143 e. The van der Waals surface area contributed by atoms with Crippen LogP contribution < -0.4 is 4.90 Å². The van der Waals surface area contributed by atoms with E-state index < -0.39 is 0 Å². The molecule has 0 aliphatic rings. The summed E-state index contributed by atoms with van der Waals surface area (Å²) < 4.78 is 6.47. The lowest BCUT2D eigenvalue weighted by Crippen LogP contribution is -2.11. The Labute approximate surface area is 362 Å². The van der Waals surface area contributed by atoms with Gasteiger partial charge in [0.25, 0.3) is 0 Å². The van der Waals surface area contributed by atoms with Crippen LogP contribution in [0.15, 0.2) is 253 Å². The zero-order chi connectivity index (χ0) is 41.2. The van der Waals surface area contributed by atoms with E-state index in [4.69, 9.17) is 4.42 Å². The van der Waals surface area contributed by atoms with Gasteiger partial charge in [-0.05, 0) is 116 Å². The second-order valence-electron chi connectivity index (χ2n) is 15.7. The summed E-state index contributed by atoms with van der Waals surface area (Å²) in [5.74, 6) is 0. The third kappa shape index (κ3) is 7.04. The second kappa shape index (κ2) is 16.1. The van der Waals surface area contributed by atoms with E-state index in [0.29, 0.717) is 0 Å². The number of nitrogens with zero attached hydrogens (tertiary/aromatic N) is 1. The number of anilines is 3. The molecule has 0 amide bonds. The molecule has 0 radical (unpaired) electrons. The van der Waals surface area contributed by atoms with Crippen molar-refractivity contribution < 1.29 is 4.42 Å². The number of furan rings is 1. The quantitative estimate of drug-likeness (QED) is 0.145. The van der Waals surface area contributed by atoms with E-state index in [0.717, 1.165) is 72.4 Å². The minimum atomic E-state index is 0.900. The van der Waals surface area contributed by atoms with Gasteiger partial charge < -0.3 is 9.32 Å². The van der Waals surface area contributed by atoms with Crippen LogP contribution in [0.5, 0.6) is 0 Å². The molecule has 11 aromatic rings. The van der Waals surface area contributed by atoms with Gasteiger partial charge >= 0.3 is 0 Å². The standard InChI is InChI=1S/C60H41NO/c1-5-16-42(17-6-1)45-28-33-52(34-29-45)61(53-35-30-47(31-36-53)54-25-15-26-56-55-24-13-14-27-59(55)62-60(54)56)58-37-32-48(41-57(58)46-22-11-4-12-23-46)51-39-49(43-18-7-2-8-19-43)38-50(40-51)44-20-9-3-10-21-44/h1-41H. The zero-order valence-corrected chi connectivity index (χ0v) is 34.0. The molecule has 2 heteroatoms. The van der Waals surface area contributed by atoms with Crippen molar-refractivity contribution in [3.63, 3.8) is 0 Å². The van der Waals surface area contributed by atoms with Crippen molar-refractivity contribution in [2.75, 3.05) is 4.90 Å². The maximum atomic E-state index is 6.47. The predicted molar refractivity (Wildman–Crippen MR) is 261 cm³/mol. The molecule has 1 heterocycles. The number of para-hydroxylation sites is 2. The first-order chi connectivity index (χ1) is 30.7. The molecule has 0 saturated carbocycles. The normalized spacial score (nSPS) is 11.2. The summed E-state index contributed by atoms with van der Waals surface area (Å²) in [6, 6.07) is 89.1. The minimum absolute atomic E-state index is 0.900. The lowest BCUT2D eigenvalue weighted by molar-refractivity contribution is 0.670. The Morgan fingerprint density at radius 2 is 0.677 bits per heavy atom. The van der Waals surface area contributed by atoms with Gasteiger partial charge in [-0.1, -0.05) is 188 Å². The van der Waals surface area contributed by atoms with Gasteiger partial charge in [-0.2, -0.15) is 0 Å². The Bertz CT molecular complexity index is 3240. The van der Waals surface area contributed by atoms with Crippen molar-refractivity contribution in [2.45, 2.75) is 0 Å². The van der Waals surface area contributed by atoms with Crippen molar-refractivity contribution in [1.82, 2.24) is 0 Å². The van der Waals surface area contributed by atoms with Crippen molar-refractivity contribution >= 4 is 39.0 Å². The van der Waals surface area contributed by atoms with E-state index in [1.807, 2.05) is 12.1 Å². The largest absolute Gasteiger partial charge is 0.455 e. The monoisotopic (exact) mass is 791 g/mol. The SMILES string of the molecule is c1ccc(-c2ccc(N(c3ccc(-c4cccc5c4oc4ccccc45)cc3)c3ccc(-c4cc(-c5ccccc5)cc(-c5ccccc5)c4)cc3-c3ccccc3)cc2)cc1. The van der Waals surface area contributed by atoms with Crippen LogP contribution in [0.4, 0.5) is 17.1 Å². The summed E-state index contributed by atoms with van der Waals surface area (Å²) in [5, 5.41) is 2.26. The highest BCUT2D eigenvalue weighted by molar-refractivity contribution is 6.09. The van der Waals surface area contributed by atoms with Crippen LogP contribution in [0.1, 0.15) is 0 Å². The molecule has 0 fully saturated rings. The van der Waals surface area contributed by atoms with Crippen molar-refractivity contribution in [3.8, 4) is 66.8 Å². The molecule has 0 bridgehead atoms. The first-order valence-corrected chi connectivity index (χ1v) is 21.2. The molecule has 0 aliphatic heterocycles. The molecule has 1 aromatic heterocycles. The van der Waals surface area contributed by atoms with Crippen LogP contribution in [0, 0.1) is 0 Å². The lowest BCUT2D eigenvalue weighted by Gasteiger charge is -2.29. The Kier molecular flexibility index (Phi) is 9.57. The number of hydrogen-bond acceptors (Lipinski definition) is 2. The molecule has 11 rings (SSSR count). The van der Waals surface area contributed by atoms with Gasteiger partial charge in [0.2, 0.25) is 0 Å². The maximum absolute atomic E-state index is 6.47. The fraction of sp³-hybridized carbons (Fsp3) is 0. The molecule has 0 atom stereocenters. The average molecular weight is 792 g/mol.